The fourth-order valence-electron chi connectivity index (χ4n) is 3.29. The molecule has 3 rings (SSSR count). The van der Waals surface area contributed by atoms with Crippen molar-refractivity contribution in [1.82, 2.24) is 4.90 Å². The lowest BCUT2D eigenvalue weighted by molar-refractivity contribution is -0.121. The number of amides is 2. The summed E-state index contributed by atoms with van der Waals surface area (Å²) in [6, 6.07) is 13.7. The molecule has 1 aliphatic rings. The maximum Gasteiger partial charge on any atom is 0.256 e. The number of halogens is 1. The number of benzene rings is 2. The van der Waals surface area contributed by atoms with Crippen LogP contribution in [0.5, 0.6) is 0 Å². The van der Waals surface area contributed by atoms with E-state index in [1.807, 2.05) is 24.3 Å². The minimum atomic E-state index is -0.527. The highest BCUT2D eigenvalue weighted by Gasteiger charge is 2.29. The molecular weight excluding hydrogens is 331 g/mol. The largest absolute Gasteiger partial charge is 0.338 e. The van der Waals surface area contributed by atoms with Crippen LogP contribution in [0.3, 0.4) is 0 Å². The van der Waals surface area contributed by atoms with Crippen LogP contribution < -0.4 is 5.32 Å². The van der Waals surface area contributed by atoms with E-state index in [-0.39, 0.29) is 23.3 Å². The maximum absolute atomic E-state index is 13.9. The molecule has 2 aromatic carbocycles. The standard InChI is InChI=1S/C21H23FN2O2/c1-2-15-7-5-9-17(13-15)23-20(25)16-8-6-12-24(14-16)21(26)18-10-3-4-11-19(18)22/h3-5,7,9-11,13,16H,2,6,8,12,14H2,1H3,(H,23,25). The number of carbonyl (C=O) groups is 2. The molecule has 1 heterocycles. The second kappa shape index (κ2) is 8.13. The zero-order valence-electron chi connectivity index (χ0n) is 14.9. The first-order valence-corrected chi connectivity index (χ1v) is 9.02. The summed E-state index contributed by atoms with van der Waals surface area (Å²) < 4.78 is 13.9. The molecule has 0 aliphatic carbocycles. The first-order chi connectivity index (χ1) is 12.6. The maximum atomic E-state index is 13.9. The van der Waals surface area contributed by atoms with Crippen LogP contribution in [0.2, 0.25) is 0 Å². The van der Waals surface area contributed by atoms with Crippen molar-refractivity contribution >= 4 is 17.5 Å². The van der Waals surface area contributed by atoms with E-state index in [1.165, 1.54) is 12.1 Å². The molecule has 4 nitrogen and oxygen atoms in total. The van der Waals surface area contributed by atoms with Crippen molar-refractivity contribution in [3.63, 3.8) is 0 Å². The summed E-state index contributed by atoms with van der Waals surface area (Å²) in [4.78, 5) is 26.8. The summed E-state index contributed by atoms with van der Waals surface area (Å²) >= 11 is 0. The molecule has 1 atom stereocenters. The molecule has 2 amide bonds. The highest BCUT2D eigenvalue weighted by molar-refractivity contribution is 5.96. The third-order valence-electron chi connectivity index (χ3n) is 4.79. The van der Waals surface area contributed by atoms with Crippen molar-refractivity contribution < 1.29 is 14.0 Å². The minimum absolute atomic E-state index is 0.0594. The number of nitrogens with one attached hydrogen (secondary N) is 1. The number of aryl methyl sites for hydroxylation is 1. The van der Waals surface area contributed by atoms with Gasteiger partial charge in [0.1, 0.15) is 5.82 Å². The van der Waals surface area contributed by atoms with E-state index >= 15 is 0 Å². The van der Waals surface area contributed by atoms with E-state index in [2.05, 4.69) is 12.2 Å². The molecule has 0 aromatic heterocycles. The SMILES string of the molecule is CCc1cccc(NC(=O)C2CCCN(C(=O)c3ccccc3F)C2)c1. The average Bonchev–Trinajstić information content (AvgIpc) is 2.68. The van der Waals surface area contributed by atoms with E-state index in [9.17, 15) is 14.0 Å². The molecule has 1 aliphatic heterocycles. The third kappa shape index (κ3) is 4.10. The number of nitrogens with zero attached hydrogens (tertiary/aromatic N) is 1. The highest BCUT2D eigenvalue weighted by atomic mass is 19.1. The summed E-state index contributed by atoms with van der Waals surface area (Å²) in [6.45, 7) is 2.92. The second-order valence-corrected chi connectivity index (χ2v) is 6.61. The van der Waals surface area contributed by atoms with Crippen molar-refractivity contribution in [2.75, 3.05) is 18.4 Å². The second-order valence-electron chi connectivity index (χ2n) is 6.61. The molecule has 1 fully saturated rings. The molecule has 2 aromatic rings. The Hall–Kier alpha value is -2.69. The van der Waals surface area contributed by atoms with Gasteiger partial charge in [-0.25, -0.2) is 4.39 Å². The van der Waals surface area contributed by atoms with Crippen LogP contribution in [0.25, 0.3) is 0 Å². The molecule has 1 N–H and O–H groups in total. The van der Waals surface area contributed by atoms with Crippen molar-refractivity contribution in [1.29, 1.82) is 0 Å². The van der Waals surface area contributed by atoms with Gasteiger partial charge >= 0.3 is 0 Å². The molecule has 0 bridgehead atoms. The van der Waals surface area contributed by atoms with Gasteiger partial charge in [-0.1, -0.05) is 31.2 Å². The minimum Gasteiger partial charge on any atom is -0.338 e. The topological polar surface area (TPSA) is 49.4 Å². The Kier molecular flexibility index (Phi) is 5.66. The first kappa shape index (κ1) is 18.1. The summed E-state index contributed by atoms with van der Waals surface area (Å²) in [5.74, 6) is -1.26. The van der Waals surface area contributed by atoms with Crippen molar-refractivity contribution in [2.24, 2.45) is 5.92 Å². The summed E-state index contributed by atoms with van der Waals surface area (Å²) in [5.41, 5.74) is 1.99. The lowest BCUT2D eigenvalue weighted by atomic mass is 9.96. The first-order valence-electron chi connectivity index (χ1n) is 9.02. The van der Waals surface area contributed by atoms with Crippen LogP contribution in [-0.4, -0.2) is 29.8 Å². The monoisotopic (exact) mass is 354 g/mol. The van der Waals surface area contributed by atoms with E-state index < -0.39 is 5.82 Å². The molecule has 0 saturated carbocycles. The lowest BCUT2D eigenvalue weighted by Crippen LogP contribution is -2.44. The van der Waals surface area contributed by atoms with Gasteiger partial charge in [0.15, 0.2) is 0 Å². The Labute approximate surface area is 153 Å². The van der Waals surface area contributed by atoms with Gasteiger partial charge in [0.25, 0.3) is 5.91 Å². The molecule has 1 unspecified atom stereocenters. The Bertz CT molecular complexity index is 806. The van der Waals surface area contributed by atoms with Gasteiger partial charge in [-0.05, 0) is 49.1 Å². The Morgan fingerprint density at radius 2 is 2.00 bits per heavy atom. The van der Waals surface area contributed by atoms with Crippen LogP contribution in [0, 0.1) is 11.7 Å². The smallest absolute Gasteiger partial charge is 0.256 e. The fraction of sp³-hybridized carbons (Fsp3) is 0.333. The van der Waals surface area contributed by atoms with Crippen LogP contribution in [0.15, 0.2) is 48.5 Å². The van der Waals surface area contributed by atoms with Gasteiger partial charge in [0.2, 0.25) is 5.91 Å². The third-order valence-corrected chi connectivity index (χ3v) is 4.79. The van der Waals surface area contributed by atoms with E-state index in [1.54, 1.807) is 17.0 Å². The number of hydrogen-bond donors (Lipinski definition) is 1. The number of likely N-dealkylation sites (tertiary alicyclic amines) is 1. The molecule has 0 radical (unpaired) electrons. The molecule has 26 heavy (non-hydrogen) atoms. The fourth-order valence-corrected chi connectivity index (χ4v) is 3.29. The van der Waals surface area contributed by atoms with Gasteiger partial charge in [-0.15, -0.1) is 0 Å². The summed E-state index contributed by atoms with van der Waals surface area (Å²) in [7, 11) is 0. The van der Waals surface area contributed by atoms with Crippen molar-refractivity contribution in [3.8, 4) is 0 Å². The lowest BCUT2D eigenvalue weighted by Gasteiger charge is -2.32. The van der Waals surface area contributed by atoms with Gasteiger partial charge < -0.3 is 10.2 Å². The van der Waals surface area contributed by atoms with Gasteiger partial charge in [-0.3, -0.25) is 9.59 Å². The molecule has 5 heteroatoms. The highest BCUT2D eigenvalue weighted by Crippen LogP contribution is 2.22. The van der Waals surface area contributed by atoms with E-state index in [0.29, 0.717) is 13.1 Å². The Morgan fingerprint density at radius 3 is 2.77 bits per heavy atom. The van der Waals surface area contributed by atoms with Gasteiger partial charge in [-0.2, -0.15) is 0 Å². The normalized spacial score (nSPS) is 17.0. The van der Waals surface area contributed by atoms with Gasteiger partial charge in [0.05, 0.1) is 11.5 Å². The van der Waals surface area contributed by atoms with Crippen molar-refractivity contribution in [2.45, 2.75) is 26.2 Å². The molecule has 1 saturated heterocycles. The predicted molar refractivity (Wildman–Crippen MR) is 99.5 cm³/mol. The molecular formula is C21H23FN2O2. The van der Waals surface area contributed by atoms with E-state index in [0.717, 1.165) is 30.5 Å². The van der Waals surface area contributed by atoms with E-state index in [4.69, 9.17) is 0 Å². The van der Waals surface area contributed by atoms with Crippen LogP contribution in [-0.2, 0) is 11.2 Å². The van der Waals surface area contributed by atoms with Gasteiger partial charge in [0, 0.05) is 18.8 Å². The Balaban J connectivity index is 1.67. The number of anilines is 1. The number of carbonyl (C=O) groups excluding carboxylic acids is 2. The van der Waals surface area contributed by atoms with Crippen molar-refractivity contribution in [3.05, 3.63) is 65.5 Å². The van der Waals surface area contributed by atoms with Crippen LogP contribution in [0.1, 0.15) is 35.7 Å². The zero-order valence-corrected chi connectivity index (χ0v) is 14.9. The summed E-state index contributed by atoms with van der Waals surface area (Å²) in [6.07, 6.45) is 2.35. The molecule has 0 spiro atoms. The quantitative estimate of drug-likeness (QED) is 0.906. The average molecular weight is 354 g/mol. The predicted octanol–water partition coefficient (Wildman–Crippen LogP) is 3.88. The number of rotatable bonds is 4. The summed E-state index contributed by atoms with van der Waals surface area (Å²) in [5, 5.41) is 2.95. The van der Waals surface area contributed by atoms with Crippen LogP contribution >= 0.6 is 0 Å². The number of piperidine rings is 1. The van der Waals surface area contributed by atoms with Crippen LogP contribution in [0.4, 0.5) is 10.1 Å². The number of hydrogen-bond acceptors (Lipinski definition) is 2. The Morgan fingerprint density at radius 1 is 1.19 bits per heavy atom. The molecule has 136 valence electrons. The zero-order chi connectivity index (χ0) is 18.5.